The molecule has 23 heavy (non-hydrogen) atoms. The van der Waals surface area contributed by atoms with E-state index in [0.29, 0.717) is 29.6 Å². The van der Waals surface area contributed by atoms with Crippen LogP contribution in [0.5, 0.6) is 5.75 Å². The summed E-state index contributed by atoms with van der Waals surface area (Å²) in [6.07, 6.45) is 2.00. The van der Waals surface area contributed by atoms with Gasteiger partial charge in [0.15, 0.2) is 5.11 Å². The Kier molecular flexibility index (Phi) is 7.03. The van der Waals surface area contributed by atoms with Crippen LogP contribution in [0.4, 0.5) is 0 Å². The lowest BCUT2D eigenvalue weighted by Gasteiger charge is -2.12. The molecule has 2 aromatic rings. The summed E-state index contributed by atoms with van der Waals surface area (Å²) >= 11 is 6.81. The number of hydrogen-bond donors (Lipinski definition) is 2. The fourth-order valence-corrected chi connectivity index (χ4v) is 2.71. The van der Waals surface area contributed by atoms with E-state index in [4.69, 9.17) is 17.0 Å². The monoisotopic (exact) mass is 348 g/mol. The highest BCUT2D eigenvalue weighted by molar-refractivity contribution is 7.80. The summed E-state index contributed by atoms with van der Waals surface area (Å²) in [7, 11) is 0. The van der Waals surface area contributed by atoms with Crippen LogP contribution in [0.2, 0.25) is 0 Å². The van der Waals surface area contributed by atoms with Gasteiger partial charge in [-0.1, -0.05) is 31.5 Å². The van der Waals surface area contributed by atoms with Crippen LogP contribution in [0.3, 0.4) is 0 Å². The van der Waals surface area contributed by atoms with E-state index >= 15 is 0 Å². The molecule has 0 fully saturated rings. The van der Waals surface area contributed by atoms with Crippen LogP contribution in [0.25, 0.3) is 0 Å². The molecule has 2 rings (SSSR count). The number of nitrogens with one attached hydrogen (secondary N) is 2. The third-order valence-corrected chi connectivity index (χ3v) is 4.24. The predicted octanol–water partition coefficient (Wildman–Crippen LogP) is 3.73. The van der Waals surface area contributed by atoms with E-state index in [0.717, 1.165) is 17.7 Å². The first-order valence-corrected chi connectivity index (χ1v) is 8.83. The van der Waals surface area contributed by atoms with Crippen LogP contribution < -0.4 is 15.4 Å². The minimum atomic E-state index is -0.263. The zero-order chi connectivity index (χ0) is 16.5. The zero-order valence-corrected chi connectivity index (χ0v) is 14.6. The number of benzene rings is 1. The van der Waals surface area contributed by atoms with Gasteiger partial charge >= 0.3 is 0 Å². The molecule has 0 radical (unpaired) electrons. The molecule has 0 bridgehead atoms. The normalized spacial score (nSPS) is 10.1. The van der Waals surface area contributed by atoms with E-state index in [1.54, 1.807) is 23.5 Å². The summed E-state index contributed by atoms with van der Waals surface area (Å²) in [4.78, 5) is 13.5. The SMILES string of the molecule is CCCCOc1ccccc1C(=O)NC(=S)NCc1cccs1. The van der Waals surface area contributed by atoms with Gasteiger partial charge in [-0.15, -0.1) is 11.3 Å². The van der Waals surface area contributed by atoms with Crippen LogP contribution in [-0.2, 0) is 6.54 Å². The average Bonchev–Trinajstić information content (AvgIpc) is 3.07. The minimum Gasteiger partial charge on any atom is -0.493 e. The van der Waals surface area contributed by atoms with Gasteiger partial charge in [-0.3, -0.25) is 10.1 Å². The van der Waals surface area contributed by atoms with Gasteiger partial charge in [0.25, 0.3) is 5.91 Å². The molecule has 0 atom stereocenters. The maximum absolute atomic E-state index is 12.4. The quantitative estimate of drug-likeness (QED) is 0.591. The number of thiophene rings is 1. The number of rotatable bonds is 7. The van der Waals surface area contributed by atoms with Gasteiger partial charge in [-0.25, -0.2) is 0 Å². The number of thiocarbonyl (C=S) groups is 1. The smallest absolute Gasteiger partial charge is 0.261 e. The molecule has 122 valence electrons. The molecule has 1 aromatic heterocycles. The lowest BCUT2D eigenvalue weighted by atomic mass is 10.2. The van der Waals surface area contributed by atoms with Crippen molar-refractivity contribution in [1.29, 1.82) is 0 Å². The highest BCUT2D eigenvalue weighted by Gasteiger charge is 2.13. The molecule has 0 aliphatic heterocycles. The molecule has 0 saturated carbocycles. The standard InChI is InChI=1S/C17H20N2O2S2/c1-2-3-10-21-15-9-5-4-8-14(15)16(20)19-17(22)18-12-13-7-6-11-23-13/h4-9,11H,2-3,10,12H2,1H3,(H2,18,19,20,22). The zero-order valence-electron chi connectivity index (χ0n) is 13.0. The minimum absolute atomic E-state index is 0.263. The van der Waals surface area contributed by atoms with E-state index < -0.39 is 0 Å². The van der Waals surface area contributed by atoms with Gasteiger partial charge in [-0.2, -0.15) is 0 Å². The molecule has 1 heterocycles. The first-order chi connectivity index (χ1) is 11.2. The number of unbranched alkanes of at least 4 members (excludes halogenated alkanes) is 1. The summed E-state index contributed by atoms with van der Waals surface area (Å²) in [6, 6.07) is 11.2. The first kappa shape index (κ1) is 17.4. The number of para-hydroxylation sites is 1. The molecule has 0 spiro atoms. The van der Waals surface area contributed by atoms with Crippen LogP contribution in [0.1, 0.15) is 35.0 Å². The highest BCUT2D eigenvalue weighted by Crippen LogP contribution is 2.18. The Morgan fingerprint density at radius 3 is 2.83 bits per heavy atom. The summed E-state index contributed by atoms with van der Waals surface area (Å²) in [5.41, 5.74) is 0.490. The van der Waals surface area contributed by atoms with Crippen LogP contribution in [0.15, 0.2) is 41.8 Å². The second kappa shape index (κ2) is 9.27. The predicted molar refractivity (Wildman–Crippen MR) is 98.1 cm³/mol. The lowest BCUT2D eigenvalue weighted by molar-refractivity contribution is 0.0972. The van der Waals surface area contributed by atoms with Gasteiger partial charge in [-0.05, 0) is 42.2 Å². The average molecular weight is 348 g/mol. The van der Waals surface area contributed by atoms with Crippen LogP contribution >= 0.6 is 23.6 Å². The largest absolute Gasteiger partial charge is 0.493 e. The number of amides is 1. The number of hydrogen-bond acceptors (Lipinski definition) is 4. The molecular formula is C17H20N2O2S2. The van der Waals surface area contributed by atoms with E-state index in [1.807, 2.05) is 29.6 Å². The second-order valence-corrected chi connectivity index (χ2v) is 6.35. The Hall–Kier alpha value is -1.92. The van der Waals surface area contributed by atoms with E-state index in [-0.39, 0.29) is 5.91 Å². The second-order valence-electron chi connectivity index (χ2n) is 4.91. The van der Waals surface area contributed by atoms with Crippen molar-refractivity contribution in [1.82, 2.24) is 10.6 Å². The summed E-state index contributed by atoms with van der Waals surface area (Å²) in [5.74, 6) is 0.320. The van der Waals surface area contributed by atoms with Gasteiger partial charge in [0.2, 0.25) is 0 Å². The van der Waals surface area contributed by atoms with Gasteiger partial charge in [0.1, 0.15) is 5.75 Å². The van der Waals surface area contributed by atoms with Crippen molar-refractivity contribution in [3.05, 3.63) is 52.2 Å². The molecule has 0 aliphatic rings. The van der Waals surface area contributed by atoms with Crippen molar-refractivity contribution in [3.63, 3.8) is 0 Å². The summed E-state index contributed by atoms with van der Waals surface area (Å²) in [5, 5.41) is 8.04. The lowest BCUT2D eigenvalue weighted by Crippen LogP contribution is -2.38. The third-order valence-electron chi connectivity index (χ3n) is 3.12. The van der Waals surface area contributed by atoms with Gasteiger partial charge in [0.05, 0.1) is 18.7 Å². The van der Waals surface area contributed by atoms with Crippen LogP contribution in [0, 0.1) is 0 Å². The van der Waals surface area contributed by atoms with Gasteiger partial charge in [0, 0.05) is 4.88 Å². The number of carbonyl (C=O) groups excluding carboxylic acids is 1. The van der Waals surface area contributed by atoms with Gasteiger partial charge < -0.3 is 10.1 Å². The van der Waals surface area contributed by atoms with Crippen molar-refractivity contribution in [3.8, 4) is 5.75 Å². The Labute approximate surface area is 145 Å². The molecule has 1 amide bonds. The van der Waals surface area contributed by atoms with Crippen molar-refractivity contribution in [2.45, 2.75) is 26.3 Å². The number of carbonyl (C=O) groups is 1. The first-order valence-electron chi connectivity index (χ1n) is 7.54. The van der Waals surface area contributed by atoms with E-state index in [2.05, 4.69) is 17.6 Å². The Balaban J connectivity index is 1.90. The number of ether oxygens (including phenoxy) is 1. The molecular weight excluding hydrogens is 328 g/mol. The van der Waals surface area contributed by atoms with Crippen molar-refractivity contribution < 1.29 is 9.53 Å². The summed E-state index contributed by atoms with van der Waals surface area (Å²) in [6.45, 7) is 3.30. The maximum Gasteiger partial charge on any atom is 0.261 e. The Morgan fingerprint density at radius 2 is 2.09 bits per heavy atom. The fourth-order valence-electron chi connectivity index (χ4n) is 1.90. The molecule has 1 aromatic carbocycles. The molecule has 2 N–H and O–H groups in total. The van der Waals surface area contributed by atoms with Crippen molar-refractivity contribution in [2.24, 2.45) is 0 Å². The topological polar surface area (TPSA) is 50.4 Å². The van der Waals surface area contributed by atoms with E-state index in [1.165, 1.54) is 0 Å². The van der Waals surface area contributed by atoms with Crippen LogP contribution in [-0.4, -0.2) is 17.6 Å². The van der Waals surface area contributed by atoms with Crippen molar-refractivity contribution in [2.75, 3.05) is 6.61 Å². The van der Waals surface area contributed by atoms with E-state index in [9.17, 15) is 4.79 Å². The highest BCUT2D eigenvalue weighted by atomic mass is 32.1. The Morgan fingerprint density at radius 1 is 1.26 bits per heavy atom. The fraction of sp³-hybridized carbons (Fsp3) is 0.294. The Bertz CT molecular complexity index is 642. The van der Waals surface area contributed by atoms with Crippen molar-refractivity contribution >= 4 is 34.6 Å². The third kappa shape index (κ3) is 5.65. The molecule has 6 heteroatoms. The molecule has 0 aliphatic carbocycles. The molecule has 4 nitrogen and oxygen atoms in total. The maximum atomic E-state index is 12.4. The summed E-state index contributed by atoms with van der Waals surface area (Å²) < 4.78 is 5.68. The molecule has 0 saturated heterocycles. The molecule has 0 unspecified atom stereocenters.